The Balaban J connectivity index is 0.00000576. The number of benzene rings is 1. The summed E-state index contributed by atoms with van der Waals surface area (Å²) in [6.07, 6.45) is 2.74. The number of hydrogen-bond acceptors (Lipinski definition) is 3. The minimum Gasteiger partial charge on any atom is -0.356 e. The van der Waals surface area contributed by atoms with Gasteiger partial charge in [-0.05, 0) is 29.4 Å². The second-order valence-electron chi connectivity index (χ2n) is 7.11. The summed E-state index contributed by atoms with van der Waals surface area (Å²) in [4.78, 5) is 4.14. The van der Waals surface area contributed by atoms with E-state index in [1.807, 2.05) is 0 Å². The SMILES string of the molecule is CN=C(NCCCS(C)(=O)=O)NCCc1ccc(C(C)(C)C)cc1.I. The molecule has 0 atom stereocenters. The molecule has 1 aromatic carbocycles. The third-order valence-electron chi connectivity index (χ3n) is 3.73. The molecule has 0 aromatic heterocycles. The van der Waals surface area contributed by atoms with E-state index in [2.05, 4.69) is 60.7 Å². The third kappa shape index (κ3) is 10.7. The third-order valence-corrected chi connectivity index (χ3v) is 4.76. The van der Waals surface area contributed by atoms with Crippen LogP contribution >= 0.6 is 24.0 Å². The fourth-order valence-corrected chi connectivity index (χ4v) is 2.93. The summed E-state index contributed by atoms with van der Waals surface area (Å²) in [6, 6.07) is 8.72. The summed E-state index contributed by atoms with van der Waals surface area (Å²) in [6.45, 7) is 8.00. The highest BCUT2D eigenvalue weighted by molar-refractivity contribution is 14.0. The van der Waals surface area contributed by atoms with Gasteiger partial charge in [0.25, 0.3) is 0 Å². The fourth-order valence-electron chi connectivity index (χ4n) is 2.26. The summed E-state index contributed by atoms with van der Waals surface area (Å²) in [7, 11) is -1.18. The Morgan fingerprint density at radius 3 is 2.12 bits per heavy atom. The van der Waals surface area contributed by atoms with Crippen molar-refractivity contribution in [3.63, 3.8) is 0 Å². The molecule has 0 heterocycles. The van der Waals surface area contributed by atoms with Gasteiger partial charge in [0, 0.05) is 26.4 Å². The van der Waals surface area contributed by atoms with Crippen molar-refractivity contribution in [2.45, 2.75) is 39.0 Å². The van der Waals surface area contributed by atoms with Crippen LogP contribution in [-0.2, 0) is 21.7 Å². The molecule has 0 fully saturated rings. The Hall–Kier alpha value is -0.830. The molecular weight excluding hydrogens is 449 g/mol. The summed E-state index contributed by atoms with van der Waals surface area (Å²) < 4.78 is 22.2. The van der Waals surface area contributed by atoms with Gasteiger partial charge in [-0.1, -0.05) is 45.0 Å². The summed E-state index contributed by atoms with van der Waals surface area (Å²) in [5.41, 5.74) is 2.79. The molecule has 25 heavy (non-hydrogen) atoms. The smallest absolute Gasteiger partial charge is 0.190 e. The zero-order valence-electron chi connectivity index (χ0n) is 15.9. The number of guanidine groups is 1. The number of rotatable bonds is 7. The maximum absolute atomic E-state index is 11.1. The van der Waals surface area contributed by atoms with Gasteiger partial charge in [-0.25, -0.2) is 8.42 Å². The predicted molar refractivity (Wildman–Crippen MR) is 118 cm³/mol. The van der Waals surface area contributed by atoms with Crippen molar-refractivity contribution < 1.29 is 8.42 Å². The number of halogens is 1. The molecule has 7 heteroatoms. The average Bonchev–Trinajstić information content (AvgIpc) is 2.48. The van der Waals surface area contributed by atoms with Crippen molar-refractivity contribution in [1.29, 1.82) is 0 Å². The number of sulfone groups is 1. The molecule has 0 spiro atoms. The van der Waals surface area contributed by atoms with E-state index in [1.54, 1.807) is 7.05 Å². The molecule has 0 unspecified atom stereocenters. The summed E-state index contributed by atoms with van der Waals surface area (Å²) in [5, 5.41) is 6.38. The molecule has 1 rings (SSSR count). The van der Waals surface area contributed by atoms with Crippen LogP contribution in [0, 0.1) is 0 Å². The number of aliphatic imine (C=N–C) groups is 1. The van der Waals surface area contributed by atoms with Gasteiger partial charge in [-0.15, -0.1) is 24.0 Å². The van der Waals surface area contributed by atoms with Gasteiger partial charge in [-0.3, -0.25) is 4.99 Å². The number of hydrogen-bond donors (Lipinski definition) is 2. The highest BCUT2D eigenvalue weighted by atomic mass is 127. The van der Waals surface area contributed by atoms with Crippen LogP contribution in [0.15, 0.2) is 29.3 Å². The van der Waals surface area contributed by atoms with Crippen molar-refractivity contribution in [2.75, 3.05) is 32.1 Å². The van der Waals surface area contributed by atoms with Gasteiger partial charge in [-0.2, -0.15) is 0 Å². The fraction of sp³-hybridized carbons (Fsp3) is 0.611. The van der Waals surface area contributed by atoms with Gasteiger partial charge in [0.05, 0.1) is 5.75 Å². The number of nitrogens with one attached hydrogen (secondary N) is 2. The van der Waals surface area contributed by atoms with Gasteiger partial charge in [0.2, 0.25) is 0 Å². The Labute approximate surface area is 170 Å². The molecular formula is C18H32IN3O2S. The first-order valence-corrected chi connectivity index (χ1v) is 10.4. The lowest BCUT2D eigenvalue weighted by atomic mass is 9.86. The van der Waals surface area contributed by atoms with Crippen LogP contribution in [0.25, 0.3) is 0 Å². The average molecular weight is 481 g/mol. The first-order chi connectivity index (χ1) is 11.1. The van der Waals surface area contributed by atoms with Gasteiger partial charge in [0.15, 0.2) is 5.96 Å². The molecule has 144 valence electrons. The topological polar surface area (TPSA) is 70.6 Å². The minimum absolute atomic E-state index is 0. The van der Waals surface area contributed by atoms with Gasteiger partial charge in [0.1, 0.15) is 9.84 Å². The van der Waals surface area contributed by atoms with Crippen LogP contribution in [0.1, 0.15) is 38.3 Å². The predicted octanol–water partition coefficient (Wildman–Crippen LogP) is 2.74. The highest BCUT2D eigenvalue weighted by Crippen LogP contribution is 2.22. The van der Waals surface area contributed by atoms with E-state index >= 15 is 0 Å². The van der Waals surface area contributed by atoms with Crippen LogP contribution < -0.4 is 10.6 Å². The van der Waals surface area contributed by atoms with Gasteiger partial charge >= 0.3 is 0 Å². The summed E-state index contributed by atoms with van der Waals surface area (Å²) in [5.74, 6) is 0.895. The van der Waals surface area contributed by atoms with E-state index in [0.29, 0.717) is 18.9 Å². The molecule has 1 aromatic rings. The molecule has 0 aliphatic rings. The Morgan fingerprint density at radius 1 is 1.08 bits per heavy atom. The van der Waals surface area contributed by atoms with Crippen LogP contribution in [0.2, 0.25) is 0 Å². The molecule has 0 bridgehead atoms. The standard InChI is InChI=1S/C18H31N3O2S.HI/c1-18(2,3)16-9-7-15(8-10-16)11-13-21-17(19-4)20-12-6-14-24(5,22)23;/h7-10H,6,11-14H2,1-5H3,(H2,19,20,21);1H. The van der Waals surface area contributed by atoms with Crippen molar-refractivity contribution in [1.82, 2.24) is 10.6 Å². The highest BCUT2D eigenvalue weighted by Gasteiger charge is 2.12. The van der Waals surface area contributed by atoms with Crippen molar-refractivity contribution in [2.24, 2.45) is 4.99 Å². The van der Waals surface area contributed by atoms with Crippen LogP contribution in [0.5, 0.6) is 0 Å². The molecule has 0 saturated heterocycles. The molecule has 0 aliphatic carbocycles. The molecule has 0 radical (unpaired) electrons. The maximum Gasteiger partial charge on any atom is 0.190 e. The van der Waals surface area contributed by atoms with Crippen molar-refractivity contribution in [3.05, 3.63) is 35.4 Å². The van der Waals surface area contributed by atoms with E-state index in [4.69, 9.17) is 0 Å². The lowest BCUT2D eigenvalue weighted by molar-refractivity contribution is 0.590. The van der Waals surface area contributed by atoms with Crippen LogP contribution in [0.3, 0.4) is 0 Å². The normalized spacial score (nSPS) is 12.4. The van der Waals surface area contributed by atoms with Crippen LogP contribution in [-0.4, -0.2) is 46.5 Å². The Morgan fingerprint density at radius 2 is 1.64 bits per heavy atom. The molecule has 5 nitrogen and oxygen atoms in total. The quantitative estimate of drug-likeness (QED) is 0.272. The van der Waals surface area contributed by atoms with Crippen molar-refractivity contribution >= 4 is 39.8 Å². The largest absolute Gasteiger partial charge is 0.356 e. The van der Waals surface area contributed by atoms with Crippen molar-refractivity contribution in [3.8, 4) is 0 Å². The zero-order chi connectivity index (χ0) is 18.2. The maximum atomic E-state index is 11.1. The van der Waals surface area contributed by atoms with E-state index in [0.717, 1.165) is 13.0 Å². The molecule has 0 amide bonds. The molecule has 2 N–H and O–H groups in total. The lowest BCUT2D eigenvalue weighted by Gasteiger charge is -2.19. The van der Waals surface area contributed by atoms with Crippen LogP contribution in [0.4, 0.5) is 0 Å². The van der Waals surface area contributed by atoms with E-state index < -0.39 is 9.84 Å². The summed E-state index contributed by atoms with van der Waals surface area (Å²) >= 11 is 0. The number of nitrogens with zero attached hydrogens (tertiary/aromatic N) is 1. The Bertz CT molecular complexity index is 635. The lowest BCUT2D eigenvalue weighted by Crippen LogP contribution is -2.39. The first-order valence-electron chi connectivity index (χ1n) is 8.33. The zero-order valence-corrected chi connectivity index (χ0v) is 19.1. The Kier molecular flexibility index (Phi) is 10.6. The monoisotopic (exact) mass is 481 g/mol. The van der Waals surface area contributed by atoms with E-state index in [-0.39, 0.29) is 35.1 Å². The minimum atomic E-state index is -2.90. The second-order valence-corrected chi connectivity index (χ2v) is 9.37. The molecule has 0 saturated carbocycles. The van der Waals surface area contributed by atoms with E-state index in [1.165, 1.54) is 17.4 Å². The first kappa shape index (κ1) is 24.2. The second kappa shape index (κ2) is 11.0. The van der Waals surface area contributed by atoms with E-state index in [9.17, 15) is 8.42 Å². The van der Waals surface area contributed by atoms with Gasteiger partial charge < -0.3 is 10.6 Å². The molecule has 0 aliphatic heterocycles.